The van der Waals surface area contributed by atoms with Crippen molar-refractivity contribution in [1.29, 1.82) is 0 Å². The number of guanidine groups is 1. The summed E-state index contributed by atoms with van der Waals surface area (Å²) in [6.07, 6.45) is 1.84. The number of hydrogen-bond acceptors (Lipinski definition) is 5. The molecular weight excluding hydrogens is 487 g/mol. The van der Waals surface area contributed by atoms with Gasteiger partial charge in [-0.2, -0.15) is 0 Å². The molecule has 0 aliphatic rings. The minimum absolute atomic E-state index is 0. The van der Waals surface area contributed by atoms with Crippen LogP contribution < -0.4 is 20.1 Å². The van der Waals surface area contributed by atoms with Crippen molar-refractivity contribution in [2.24, 2.45) is 4.99 Å². The molecular formula is C20H31IN4O2S. The van der Waals surface area contributed by atoms with Crippen LogP contribution in [0.5, 0.6) is 11.5 Å². The molecule has 1 atom stereocenters. The molecule has 0 aliphatic heterocycles. The van der Waals surface area contributed by atoms with Crippen molar-refractivity contribution in [3.05, 3.63) is 40.3 Å². The number of nitrogens with zero attached hydrogens (tertiary/aromatic N) is 2. The third-order valence-electron chi connectivity index (χ3n) is 3.80. The first-order chi connectivity index (χ1) is 13.1. The minimum atomic E-state index is -0.0433. The van der Waals surface area contributed by atoms with Gasteiger partial charge >= 0.3 is 0 Å². The Hall–Kier alpha value is -1.55. The van der Waals surface area contributed by atoms with Crippen molar-refractivity contribution in [3.8, 4) is 11.5 Å². The summed E-state index contributed by atoms with van der Waals surface area (Å²) >= 11 is 1.73. The van der Waals surface area contributed by atoms with Gasteiger partial charge in [0.1, 0.15) is 17.6 Å². The van der Waals surface area contributed by atoms with E-state index in [1.165, 1.54) is 5.01 Å². The van der Waals surface area contributed by atoms with Crippen molar-refractivity contribution >= 4 is 41.3 Å². The van der Waals surface area contributed by atoms with Crippen molar-refractivity contribution in [1.82, 2.24) is 15.6 Å². The van der Waals surface area contributed by atoms with E-state index >= 15 is 0 Å². The Bertz CT molecular complexity index is 724. The number of thiazole rings is 1. The third kappa shape index (κ3) is 8.64. The largest absolute Gasteiger partial charge is 0.497 e. The average molecular weight is 518 g/mol. The minimum Gasteiger partial charge on any atom is -0.497 e. The number of ether oxygens (including phenoxy) is 2. The third-order valence-corrected chi connectivity index (χ3v) is 4.85. The van der Waals surface area contributed by atoms with E-state index in [4.69, 9.17) is 9.47 Å². The van der Waals surface area contributed by atoms with E-state index in [0.717, 1.165) is 49.1 Å². The Balaban J connectivity index is 0.00000392. The maximum Gasteiger partial charge on any atom is 0.191 e. The van der Waals surface area contributed by atoms with Gasteiger partial charge in [-0.1, -0.05) is 13.0 Å². The summed E-state index contributed by atoms with van der Waals surface area (Å²) in [5.74, 6) is 2.36. The zero-order valence-corrected chi connectivity index (χ0v) is 20.2. The van der Waals surface area contributed by atoms with E-state index in [2.05, 4.69) is 39.8 Å². The normalized spacial score (nSPS) is 12.1. The van der Waals surface area contributed by atoms with Crippen LogP contribution in [-0.2, 0) is 12.8 Å². The molecule has 1 unspecified atom stereocenters. The molecule has 156 valence electrons. The van der Waals surface area contributed by atoms with Gasteiger partial charge in [-0.05, 0) is 32.4 Å². The number of nitrogens with one attached hydrogen (secondary N) is 2. The Kier molecular flexibility index (Phi) is 11.9. The Morgan fingerprint density at radius 3 is 2.71 bits per heavy atom. The van der Waals surface area contributed by atoms with Gasteiger partial charge in [0, 0.05) is 31.0 Å². The number of aryl methyl sites for hydroxylation is 1. The van der Waals surface area contributed by atoms with Crippen LogP contribution in [0.3, 0.4) is 0 Å². The van der Waals surface area contributed by atoms with Gasteiger partial charge in [-0.25, -0.2) is 9.98 Å². The number of aromatic nitrogens is 1. The van der Waals surface area contributed by atoms with E-state index in [9.17, 15) is 0 Å². The Morgan fingerprint density at radius 2 is 2.04 bits per heavy atom. The smallest absolute Gasteiger partial charge is 0.191 e. The second kappa shape index (κ2) is 13.6. The molecule has 0 fully saturated rings. The fourth-order valence-electron chi connectivity index (χ4n) is 2.44. The first kappa shape index (κ1) is 24.5. The number of halogens is 1. The molecule has 0 spiro atoms. The van der Waals surface area contributed by atoms with Crippen LogP contribution in [-0.4, -0.2) is 43.8 Å². The summed E-state index contributed by atoms with van der Waals surface area (Å²) in [5, 5.41) is 9.95. The lowest BCUT2D eigenvalue weighted by Gasteiger charge is -2.15. The van der Waals surface area contributed by atoms with E-state index in [-0.39, 0.29) is 30.1 Å². The maximum absolute atomic E-state index is 5.92. The lowest BCUT2D eigenvalue weighted by atomic mass is 10.3. The zero-order chi connectivity index (χ0) is 19.5. The molecule has 1 aromatic carbocycles. The van der Waals surface area contributed by atoms with Crippen molar-refractivity contribution in [2.75, 3.05) is 26.7 Å². The zero-order valence-electron chi connectivity index (χ0n) is 17.0. The molecule has 0 radical (unpaired) electrons. The summed E-state index contributed by atoms with van der Waals surface area (Å²) < 4.78 is 11.1. The second-order valence-electron chi connectivity index (χ2n) is 6.09. The van der Waals surface area contributed by atoms with Gasteiger partial charge in [0.2, 0.25) is 0 Å². The topological polar surface area (TPSA) is 67.8 Å². The van der Waals surface area contributed by atoms with Gasteiger partial charge in [0.15, 0.2) is 5.96 Å². The monoisotopic (exact) mass is 518 g/mol. The lowest BCUT2D eigenvalue weighted by Crippen LogP contribution is -2.39. The molecule has 1 heterocycles. The highest BCUT2D eigenvalue weighted by Crippen LogP contribution is 2.19. The summed E-state index contributed by atoms with van der Waals surface area (Å²) in [6.45, 7) is 8.36. The van der Waals surface area contributed by atoms with Gasteiger partial charge in [0.05, 0.1) is 24.4 Å². The highest BCUT2D eigenvalue weighted by molar-refractivity contribution is 14.0. The number of methoxy groups -OCH3 is 1. The molecule has 2 N–H and O–H groups in total. The second-order valence-corrected chi connectivity index (χ2v) is 7.03. The number of aliphatic imine (C=N–C) groups is 1. The summed E-state index contributed by atoms with van der Waals surface area (Å²) in [6, 6.07) is 7.61. The molecule has 0 saturated carbocycles. The molecule has 0 amide bonds. The van der Waals surface area contributed by atoms with Crippen molar-refractivity contribution in [2.45, 2.75) is 39.7 Å². The molecule has 2 aromatic rings. The van der Waals surface area contributed by atoms with E-state index < -0.39 is 0 Å². The predicted octanol–water partition coefficient (Wildman–Crippen LogP) is 3.90. The molecule has 28 heavy (non-hydrogen) atoms. The van der Waals surface area contributed by atoms with Gasteiger partial charge in [-0.3, -0.25) is 0 Å². The number of hydrogen-bond donors (Lipinski definition) is 2. The van der Waals surface area contributed by atoms with Gasteiger partial charge < -0.3 is 20.1 Å². The van der Waals surface area contributed by atoms with Gasteiger partial charge in [-0.15, -0.1) is 35.3 Å². The van der Waals surface area contributed by atoms with Crippen LogP contribution in [0.15, 0.2) is 34.6 Å². The van der Waals surface area contributed by atoms with Crippen LogP contribution in [0.2, 0.25) is 0 Å². The molecule has 2 rings (SSSR count). The molecule has 8 heteroatoms. The van der Waals surface area contributed by atoms with Gasteiger partial charge in [0.25, 0.3) is 0 Å². The lowest BCUT2D eigenvalue weighted by molar-refractivity contribution is 0.229. The van der Waals surface area contributed by atoms with Crippen LogP contribution >= 0.6 is 35.3 Å². The molecule has 6 nitrogen and oxygen atoms in total. The van der Waals surface area contributed by atoms with Crippen LogP contribution in [0, 0.1) is 0 Å². The highest BCUT2D eigenvalue weighted by Gasteiger charge is 2.06. The summed E-state index contributed by atoms with van der Waals surface area (Å²) in [4.78, 5) is 9.22. The average Bonchev–Trinajstić information content (AvgIpc) is 3.14. The summed E-state index contributed by atoms with van der Waals surface area (Å²) in [7, 11) is 1.65. The van der Waals surface area contributed by atoms with Crippen LogP contribution in [0.4, 0.5) is 0 Å². The standard InChI is InChI=1S/C20H30N4O2S.HI/c1-5-19-24-16(14-27-19)10-11-22-20(21-6-2)23-13-15(3)26-18-9-7-8-17(12-18)25-4;/h7-9,12,14-15H,5-6,10-11,13H2,1-4H3,(H2,21,22,23);1H. The van der Waals surface area contributed by atoms with E-state index in [1.807, 2.05) is 31.2 Å². The molecule has 0 saturated heterocycles. The van der Waals surface area contributed by atoms with E-state index in [0.29, 0.717) is 6.54 Å². The fraction of sp³-hybridized carbons (Fsp3) is 0.500. The molecule has 0 bridgehead atoms. The maximum atomic E-state index is 5.92. The van der Waals surface area contributed by atoms with Crippen molar-refractivity contribution in [3.63, 3.8) is 0 Å². The van der Waals surface area contributed by atoms with Crippen LogP contribution in [0.25, 0.3) is 0 Å². The first-order valence-electron chi connectivity index (χ1n) is 9.40. The highest BCUT2D eigenvalue weighted by atomic mass is 127. The van der Waals surface area contributed by atoms with E-state index in [1.54, 1.807) is 18.4 Å². The quantitative estimate of drug-likeness (QED) is 0.284. The SMILES string of the molecule is CCNC(=NCC(C)Oc1cccc(OC)c1)NCCc1csc(CC)n1.I. The number of rotatable bonds is 10. The molecule has 0 aliphatic carbocycles. The van der Waals surface area contributed by atoms with Crippen molar-refractivity contribution < 1.29 is 9.47 Å². The summed E-state index contributed by atoms with van der Waals surface area (Å²) in [5.41, 5.74) is 1.13. The first-order valence-corrected chi connectivity index (χ1v) is 10.3. The van der Waals surface area contributed by atoms with Crippen LogP contribution in [0.1, 0.15) is 31.5 Å². The predicted molar refractivity (Wildman–Crippen MR) is 128 cm³/mol. The number of benzene rings is 1. The molecule has 1 aromatic heterocycles. The fourth-order valence-corrected chi connectivity index (χ4v) is 3.22. The Labute approximate surface area is 189 Å². The Morgan fingerprint density at radius 1 is 1.25 bits per heavy atom.